The summed E-state index contributed by atoms with van der Waals surface area (Å²) in [7, 11) is 1.56. The molecule has 0 saturated carbocycles. The van der Waals surface area contributed by atoms with E-state index in [1.165, 1.54) is 0 Å². The number of carbonyl (C=O) groups is 2. The molecule has 0 bridgehead atoms. The van der Waals surface area contributed by atoms with E-state index >= 15 is 0 Å². The molecule has 0 saturated heterocycles. The average molecular weight is 240 g/mol. The summed E-state index contributed by atoms with van der Waals surface area (Å²) in [5.74, 6) is -0.787. The number of hydrogen-bond acceptors (Lipinski definition) is 4. The number of carbonyl (C=O) groups excluding carboxylic acids is 1. The normalized spacial score (nSPS) is 12.2. The third kappa shape index (κ3) is 3.32. The largest absolute Gasteiger partial charge is 0.475 e. The number of likely N-dealkylation sites (N-methyl/N-ethyl adjacent to an activating group) is 1. The Morgan fingerprint density at radius 3 is 2.65 bits per heavy atom. The van der Waals surface area contributed by atoms with Crippen molar-refractivity contribution in [2.75, 3.05) is 7.05 Å². The number of aryl methyl sites for hydroxylation is 1. The maximum atomic E-state index is 11.2. The molecule has 6 heteroatoms. The number of rotatable bonds is 5. The van der Waals surface area contributed by atoms with Crippen LogP contribution in [-0.2, 0) is 11.3 Å². The third-order valence-electron chi connectivity index (χ3n) is 2.39. The summed E-state index contributed by atoms with van der Waals surface area (Å²) in [5, 5.41) is 14.2. The van der Waals surface area contributed by atoms with Crippen LogP contribution in [0.25, 0.3) is 0 Å². The summed E-state index contributed by atoms with van der Waals surface area (Å²) < 4.78 is 5.15. The Morgan fingerprint density at radius 1 is 1.53 bits per heavy atom. The van der Waals surface area contributed by atoms with Crippen molar-refractivity contribution in [1.29, 1.82) is 0 Å². The van der Waals surface area contributed by atoms with Crippen molar-refractivity contribution in [1.82, 2.24) is 10.6 Å². The van der Waals surface area contributed by atoms with E-state index in [2.05, 4.69) is 10.6 Å². The van der Waals surface area contributed by atoms with Crippen molar-refractivity contribution >= 4 is 11.9 Å². The maximum absolute atomic E-state index is 11.2. The van der Waals surface area contributed by atoms with E-state index in [0.29, 0.717) is 17.9 Å². The topological polar surface area (TPSA) is 91.6 Å². The maximum Gasteiger partial charge on any atom is 0.372 e. The Morgan fingerprint density at radius 2 is 2.18 bits per heavy atom. The Kier molecular flexibility index (Phi) is 4.28. The van der Waals surface area contributed by atoms with E-state index in [9.17, 15) is 9.59 Å². The van der Waals surface area contributed by atoms with Gasteiger partial charge in [-0.2, -0.15) is 0 Å². The number of nitrogens with one attached hydrogen (secondary N) is 2. The minimum absolute atomic E-state index is 0.0607. The van der Waals surface area contributed by atoms with Gasteiger partial charge in [0.05, 0.1) is 12.6 Å². The Labute approximate surface area is 99.0 Å². The summed E-state index contributed by atoms with van der Waals surface area (Å²) in [5.41, 5.74) is 0.571. The number of aromatic carboxylic acids is 1. The zero-order chi connectivity index (χ0) is 13.0. The van der Waals surface area contributed by atoms with E-state index in [1.807, 2.05) is 0 Å². The lowest BCUT2D eigenvalue weighted by Gasteiger charge is -2.10. The van der Waals surface area contributed by atoms with E-state index in [-0.39, 0.29) is 17.7 Å². The van der Waals surface area contributed by atoms with Crippen molar-refractivity contribution in [2.24, 2.45) is 0 Å². The SMILES string of the molecule is CNC(=O)C(C)NCc1cc(C)c(C(=O)O)o1. The van der Waals surface area contributed by atoms with Crippen LogP contribution in [0.5, 0.6) is 0 Å². The van der Waals surface area contributed by atoms with Crippen LogP contribution in [0.2, 0.25) is 0 Å². The molecule has 1 atom stereocenters. The fourth-order valence-corrected chi connectivity index (χ4v) is 1.41. The molecule has 1 heterocycles. The Balaban J connectivity index is 2.61. The highest BCUT2D eigenvalue weighted by Gasteiger charge is 2.15. The van der Waals surface area contributed by atoms with Crippen molar-refractivity contribution < 1.29 is 19.1 Å². The molecule has 94 valence electrons. The second kappa shape index (κ2) is 5.49. The lowest BCUT2D eigenvalue weighted by Crippen LogP contribution is -2.40. The van der Waals surface area contributed by atoms with Crippen molar-refractivity contribution in [2.45, 2.75) is 26.4 Å². The molecule has 0 aliphatic heterocycles. The van der Waals surface area contributed by atoms with Gasteiger partial charge in [0, 0.05) is 12.6 Å². The second-order valence-electron chi connectivity index (χ2n) is 3.75. The summed E-state index contributed by atoms with van der Waals surface area (Å²) >= 11 is 0. The monoisotopic (exact) mass is 240 g/mol. The molecule has 0 aliphatic rings. The third-order valence-corrected chi connectivity index (χ3v) is 2.39. The molecule has 1 amide bonds. The minimum atomic E-state index is -1.09. The highest BCUT2D eigenvalue weighted by molar-refractivity contribution is 5.86. The molecule has 1 aromatic rings. The predicted molar refractivity (Wildman–Crippen MR) is 60.8 cm³/mol. The van der Waals surface area contributed by atoms with Crippen LogP contribution < -0.4 is 10.6 Å². The highest BCUT2D eigenvalue weighted by Crippen LogP contribution is 2.14. The van der Waals surface area contributed by atoms with Crippen LogP contribution in [0, 0.1) is 6.92 Å². The molecule has 1 unspecified atom stereocenters. The molecular formula is C11H16N2O4. The quantitative estimate of drug-likeness (QED) is 0.697. The van der Waals surface area contributed by atoms with Gasteiger partial charge in [0.15, 0.2) is 0 Å². The van der Waals surface area contributed by atoms with Gasteiger partial charge in [0.25, 0.3) is 0 Å². The highest BCUT2D eigenvalue weighted by atomic mass is 16.4. The zero-order valence-corrected chi connectivity index (χ0v) is 10.0. The molecule has 0 aromatic carbocycles. The second-order valence-corrected chi connectivity index (χ2v) is 3.75. The molecule has 17 heavy (non-hydrogen) atoms. The van der Waals surface area contributed by atoms with E-state index in [1.54, 1.807) is 27.0 Å². The van der Waals surface area contributed by atoms with Crippen molar-refractivity contribution in [3.05, 3.63) is 23.2 Å². The smallest absolute Gasteiger partial charge is 0.372 e. The number of hydrogen-bond donors (Lipinski definition) is 3. The summed E-state index contributed by atoms with van der Waals surface area (Å²) in [6.45, 7) is 3.69. The van der Waals surface area contributed by atoms with Crippen LogP contribution in [0.1, 0.15) is 28.8 Å². The predicted octanol–water partition coefficient (Wildman–Crippen LogP) is 0.510. The lowest BCUT2D eigenvalue weighted by atomic mass is 10.2. The van der Waals surface area contributed by atoms with E-state index in [0.717, 1.165) is 0 Å². The van der Waals surface area contributed by atoms with Gasteiger partial charge in [0.2, 0.25) is 11.7 Å². The van der Waals surface area contributed by atoms with Gasteiger partial charge in [-0.05, 0) is 19.9 Å². The van der Waals surface area contributed by atoms with E-state index in [4.69, 9.17) is 9.52 Å². The van der Waals surface area contributed by atoms with Gasteiger partial charge in [-0.15, -0.1) is 0 Å². The zero-order valence-electron chi connectivity index (χ0n) is 10.0. The summed E-state index contributed by atoms with van der Waals surface area (Å²) in [6, 6.07) is 1.28. The summed E-state index contributed by atoms with van der Waals surface area (Å²) in [6.07, 6.45) is 0. The molecule has 1 rings (SSSR count). The summed E-state index contributed by atoms with van der Waals surface area (Å²) in [4.78, 5) is 22.0. The average Bonchev–Trinajstić information content (AvgIpc) is 2.66. The van der Waals surface area contributed by atoms with Crippen LogP contribution in [0.3, 0.4) is 0 Å². The fourth-order valence-electron chi connectivity index (χ4n) is 1.41. The van der Waals surface area contributed by atoms with Gasteiger partial charge in [0.1, 0.15) is 5.76 Å². The molecule has 0 radical (unpaired) electrons. The molecule has 1 aromatic heterocycles. The first-order valence-electron chi connectivity index (χ1n) is 5.23. The first-order valence-corrected chi connectivity index (χ1v) is 5.23. The van der Waals surface area contributed by atoms with Crippen LogP contribution >= 0.6 is 0 Å². The van der Waals surface area contributed by atoms with Crippen LogP contribution in [-0.4, -0.2) is 30.1 Å². The minimum Gasteiger partial charge on any atom is -0.475 e. The number of carboxylic acid groups (broad SMARTS) is 1. The first kappa shape index (κ1) is 13.2. The van der Waals surface area contributed by atoms with Crippen LogP contribution in [0.15, 0.2) is 10.5 Å². The fraction of sp³-hybridized carbons (Fsp3) is 0.455. The molecule has 6 nitrogen and oxygen atoms in total. The standard InChI is InChI=1S/C11H16N2O4/c1-6-4-8(17-9(6)11(15)16)5-13-7(2)10(14)12-3/h4,7,13H,5H2,1-3H3,(H,12,14)(H,15,16). The Bertz CT molecular complexity index is 425. The molecular weight excluding hydrogens is 224 g/mol. The van der Waals surface area contributed by atoms with Gasteiger partial charge >= 0.3 is 5.97 Å². The van der Waals surface area contributed by atoms with Gasteiger partial charge < -0.3 is 14.8 Å². The molecule has 0 aliphatic carbocycles. The molecule has 3 N–H and O–H groups in total. The molecule has 0 spiro atoms. The van der Waals surface area contributed by atoms with E-state index < -0.39 is 5.97 Å². The van der Waals surface area contributed by atoms with Gasteiger partial charge in [-0.1, -0.05) is 0 Å². The van der Waals surface area contributed by atoms with Crippen molar-refractivity contribution in [3.63, 3.8) is 0 Å². The number of carboxylic acids is 1. The number of amides is 1. The molecule has 0 fully saturated rings. The van der Waals surface area contributed by atoms with Crippen molar-refractivity contribution in [3.8, 4) is 0 Å². The van der Waals surface area contributed by atoms with Gasteiger partial charge in [-0.25, -0.2) is 4.79 Å². The lowest BCUT2D eigenvalue weighted by molar-refractivity contribution is -0.122. The first-order chi connectivity index (χ1) is 7.95. The number of furan rings is 1. The Hall–Kier alpha value is -1.82. The van der Waals surface area contributed by atoms with Crippen LogP contribution in [0.4, 0.5) is 0 Å². The van der Waals surface area contributed by atoms with Gasteiger partial charge in [-0.3, -0.25) is 10.1 Å².